The van der Waals surface area contributed by atoms with Crippen LogP contribution in [-0.4, -0.2) is 56.3 Å². The molecule has 0 aromatic heterocycles. The van der Waals surface area contributed by atoms with Crippen LogP contribution in [0.3, 0.4) is 0 Å². The van der Waals surface area contributed by atoms with Crippen molar-refractivity contribution in [3.63, 3.8) is 0 Å². The zero-order valence-corrected chi connectivity index (χ0v) is 16.1. The second-order valence-electron chi connectivity index (χ2n) is 5.87. The third-order valence-corrected chi connectivity index (χ3v) is 3.77. The summed E-state index contributed by atoms with van der Waals surface area (Å²) in [6.45, 7) is 12.0. The molecule has 1 aliphatic rings. The van der Waals surface area contributed by atoms with Crippen LogP contribution in [0.4, 0.5) is 0 Å². The summed E-state index contributed by atoms with van der Waals surface area (Å²) in [4.78, 5) is 6.91. The number of likely N-dealkylation sites (N-methyl/N-ethyl adjacent to an activating group) is 1. The fraction of sp³-hybridized carbons (Fsp3) is 0.933. The molecule has 1 fully saturated rings. The van der Waals surface area contributed by atoms with Gasteiger partial charge >= 0.3 is 0 Å². The number of hydrogen-bond donors (Lipinski definition) is 2. The molecule has 6 heteroatoms. The second kappa shape index (κ2) is 12.5. The predicted molar refractivity (Wildman–Crippen MR) is 100 cm³/mol. The Bertz CT molecular complexity index is 287. The smallest absolute Gasteiger partial charge is 0.188 e. The summed E-state index contributed by atoms with van der Waals surface area (Å²) in [7, 11) is 0. The van der Waals surface area contributed by atoms with Crippen LogP contribution in [0.25, 0.3) is 0 Å². The Morgan fingerprint density at radius 2 is 2.19 bits per heavy atom. The highest BCUT2D eigenvalue weighted by Crippen LogP contribution is 2.16. The Morgan fingerprint density at radius 3 is 2.86 bits per heavy atom. The lowest BCUT2D eigenvalue weighted by Crippen LogP contribution is -2.37. The first-order chi connectivity index (χ1) is 9.63. The van der Waals surface area contributed by atoms with Gasteiger partial charge in [-0.05, 0) is 38.3 Å². The van der Waals surface area contributed by atoms with E-state index in [4.69, 9.17) is 10.5 Å². The van der Waals surface area contributed by atoms with E-state index in [-0.39, 0.29) is 24.0 Å². The maximum atomic E-state index is 5.87. The van der Waals surface area contributed by atoms with Crippen molar-refractivity contribution >= 4 is 29.9 Å². The number of guanidine groups is 1. The highest BCUT2D eigenvalue weighted by atomic mass is 127. The first-order valence-corrected chi connectivity index (χ1v) is 7.99. The summed E-state index contributed by atoms with van der Waals surface area (Å²) in [5, 5.41) is 3.11. The molecule has 0 aliphatic carbocycles. The first kappa shape index (κ1) is 20.9. The molecule has 126 valence electrons. The molecule has 1 saturated heterocycles. The maximum absolute atomic E-state index is 5.87. The zero-order chi connectivity index (χ0) is 14.8. The Kier molecular flexibility index (Phi) is 12.4. The van der Waals surface area contributed by atoms with Crippen molar-refractivity contribution in [2.45, 2.75) is 46.1 Å². The van der Waals surface area contributed by atoms with Crippen LogP contribution in [0.1, 0.15) is 40.0 Å². The van der Waals surface area contributed by atoms with E-state index in [1.54, 1.807) is 0 Å². The van der Waals surface area contributed by atoms with Crippen molar-refractivity contribution in [3.8, 4) is 0 Å². The summed E-state index contributed by atoms with van der Waals surface area (Å²) in [6.07, 6.45) is 3.63. The number of likely N-dealkylation sites (tertiary alicyclic amines) is 1. The van der Waals surface area contributed by atoms with Gasteiger partial charge in [0.1, 0.15) is 0 Å². The third-order valence-electron chi connectivity index (χ3n) is 3.77. The van der Waals surface area contributed by atoms with Crippen LogP contribution in [0.5, 0.6) is 0 Å². The third kappa shape index (κ3) is 9.52. The molecular formula is C15H33IN4O. The van der Waals surface area contributed by atoms with Crippen LogP contribution < -0.4 is 11.1 Å². The number of nitrogens with one attached hydrogen (secondary N) is 1. The minimum atomic E-state index is 0. The average Bonchev–Trinajstić information content (AvgIpc) is 2.87. The Hall–Kier alpha value is -0.0800. The number of rotatable bonds is 9. The van der Waals surface area contributed by atoms with Crippen molar-refractivity contribution in [1.29, 1.82) is 0 Å². The van der Waals surface area contributed by atoms with Gasteiger partial charge in [-0.15, -0.1) is 24.0 Å². The second-order valence-corrected chi connectivity index (χ2v) is 5.87. The lowest BCUT2D eigenvalue weighted by atomic mass is 10.1. The van der Waals surface area contributed by atoms with Crippen molar-refractivity contribution < 1.29 is 4.74 Å². The summed E-state index contributed by atoms with van der Waals surface area (Å²) >= 11 is 0. The van der Waals surface area contributed by atoms with E-state index >= 15 is 0 Å². The molecule has 0 spiro atoms. The molecule has 3 N–H and O–H groups in total. The van der Waals surface area contributed by atoms with Crippen LogP contribution in [0.15, 0.2) is 4.99 Å². The molecule has 0 amide bonds. The molecule has 5 nitrogen and oxygen atoms in total. The highest BCUT2D eigenvalue weighted by Gasteiger charge is 2.22. The SMILES string of the molecule is CCN1CCCC1CN=C(N)NCCOCCC(C)C.I. The van der Waals surface area contributed by atoms with E-state index in [0.29, 0.717) is 24.5 Å². The lowest BCUT2D eigenvalue weighted by Gasteiger charge is -2.20. The first-order valence-electron chi connectivity index (χ1n) is 7.99. The van der Waals surface area contributed by atoms with E-state index in [2.05, 4.69) is 36.0 Å². The molecule has 1 heterocycles. The number of ether oxygens (including phenoxy) is 1. The fourth-order valence-corrected chi connectivity index (χ4v) is 2.45. The molecule has 21 heavy (non-hydrogen) atoms. The van der Waals surface area contributed by atoms with Crippen LogP contribution >= 0.6 is 24.0 Å². The summed E-state index contributed by atoms with van der Waals surface area (Å²) in [6, 6.07) is 0.572. The van der Waals surface area contributed by atoms with Gasteiger partial charge in [0.05, 0.1) is 13.2 Å². The Labute approximate surface area is 147 Å². The fourth-order valence-electron chi connectivity index (χ4n) is 2.45. The quantitative estimate of drug-likeness (QED) is 0.263. The van der Waals surface area contributed by atoms with Crippen molar-refractivity contribution in [1.82, 2.24) is 10.2 Å². The highest BCUT2D eigenvalue weighted by molar-refractivity contribution is 14.0. The average molecular weight is 412 g/mol. The van der Waals surface area contributed by atoms with Gasteiger partial charge in [0, 0.05) is 19.2 Å². The largest absolute Gasteiger partial charge is 0.380 e. The number of nitrogens with zero attached hydrogens (tertiary/aromatic N) is 2. The van der Waals surface area contributed by atoms with Gasteiger partial charge in [-0.1, -0.05) is 20.8 Å². The number of halogens is 1. The normalized spacial score (nSPS) is 19.8. The minimum absolute atomic E-state index is 0. The maximum Gasteiger partial charge on any atom is 0.188 e. The molecule has 1 atom stereocenters. The van der Waals surface area contributed by atoms with E-state index in [1.165, 1.54) is 19.4 Å². The number of aliphatic imine (C=N–C) groups is 1. The van der Waals surface area contributed by atoms with E-state index in [9.17, 15) is 0 Å². The molecule has 1 aliphatic heterocycles. The zero-order valence-electron chi connectivity index (χ0n) is 13.8. The monoisotopic (exact) mass is 412 g/mol. The Balaban J connectivity index is 0.00000400. The van der Waals surface area contributed by atoms with Crippen molar-refractivity contribution in [2.24, 2.45) is 16.6 Å². The molecule has 0 bridgehead atoms. The summed E-state index contributed by atoms with van der Waals surface area (Å²) < 4.78 is 5.53. The van der Waals surface area contributed by atoms with E-state index in [0.717, 1.165) is 32.7 Å². The van der Waals surface area contributed by atoms with Crippen LogP contribution in [-0.2, 0) is 4.74 Å². The van der Waals surface area contributed by atoms with Crippen LogP contribution in [0.2, 0.25) is 0 Å². The Morgan fingerprint density at radius 1 is 1.43 bits per heavy atom. The summed E-state index contributed by atoms with van der Waals surface area (Å²) in [5.41, 5.74) is 5.87. The van der Waals surface area contributed by atoms with Gasteiger partial charge in [0.2, 0.25) is 0 Å². The van der Waals surface area contributed by atoms with Gasteiger partial charge in [-0.2, -0.15) is 0 Å². The van der Waals surface area contributed by atoms with Crippen molar-refractivity contribution in [3.05, 3.63) is 0 Å². The predicted octanol–water partition coefficient (Wildman–Crippen LogP) is 2.06. The van der Waals surface area contributed by atoms with Crippen molar-refractivity contribution in [2.75, 3.05) is 39.4 Å². The van der Waals surface area contributed by atoms with Gasteiger partial charge < -0.3 is 15.8 Å². The minimum Gasteiger partial charge on any atom is -0.380 e. The van der Waals surface area contributed by atoms with Gasteiger partial charge in [0.15, 0.2) is 5.96 Å². The van der Waals surface area contributed by atoms with Gasteiger partial charge in [-0.3, -0.25) is 9.89 Å². The molecule has 1 unspecified atom stereocenters. The van der Waals surface area contributed by atoms with Gasteiger partial charge in [-0.25, -0.2) is 0 Å². The molecular weight excluding hydrogens is 379 g/mol. The van der Waals surface area contributed by atoms with Crippen LogP contribution in [0, 0.1) is 5.92 Å². The molecule has 0 saturated carbocycles. The molecule has 0 aromatic rings. The lowest BCUT2D eigenvalue weighted by molar-refractivity contribution is 0.128. The molecule has 1 rings (SSSR count). The topological polar surface area (TPSA) is 62.9 Å². The summed E-state index contributed by atoms with van der Waals surface area (Å²) in [5.74, 6) is 1.24. The number of nitrogens with two attached hydrogens (primary N) is 1. The van der Waals surface area contributed by atoms with E-state index < -0.39 is 0 Å². The molecule has 0 radical (unpaired) electrons. The van der Waals surface area contributed by atoms with Gasteiger partial charge in [0.25, 0.3) is 0 Å². The van der Waals surface area contributed by atoms with E-state index in [1.807, 2.05) is 0 Å². The number of hydrogen-bond acceptors (Lipinski definition) is 3. The standard InChI is InChI=1S/C15H32N4O.HI/c1-4-19-9-5-6-14(19)12-18-15(16)17-8-11-20-10-7-13(2)3;/h13-14H,4-12H2,1-3H3,(H3,16,17,18);1H. The molecule has 0 aromatic carbocycles.